The van der Waals surface area contributed by atoms with E-state index in [9.17, 15) is 4.79 Å². The van der Waals surface area contributed by atoms with Gasteiger partial charge in [0.1, 0.15) is 5.92 Å². The number of carbonyl (C=O) groups is 1. The molecule has 0 spiro atoms. The fourth-order valence-corrected chi connectivity index (χ4v) is 6.01. The van der Waals surface area contributed by atoms with Crippen molar-refractivity contribution < 1.29 is 14.3 Å². The van der Waals surface area contributed by atoms with Crippen LogP contribution in [0.5, 0.6) is 11.5 Å². The SMILES string of the molecule is CCOc1cccc2c1O[C@@]1(C)[C@H](C(=O)Nc3ccc(C)cc3C)[C@@H]2NC(=S)N1c1cccc(Br)c1. The van der Waals surface area contributed by atoms with Gasteiger partial charge < -0.3 is 20.1 Å². The van der Waals surface area contributed by atoms with Gasteiger partial charge in [-0.05, 0) is 75.8 Å². The molecule has 0 unspecified atom stereocenters. The molecule has 6 nitrogen and oxygen atoms in total. The summed E-state index contributed by atoms with van der Waals surface area (Å²) in [6.07, 6.45) is 0. The predicted octanol–water partition coefficient (Wildman–Crippen LogP) is 6.26. The van der Waals surface area contributed by atoms with Gasteiger partial charge in [-0.2, -0.15) is 0 Å². The summed E-state index contributed by atoms with van der Waals surface area (Å²) in [7, 11) is 0. The summed E-state index contributed by atoms with van der Waals surface area (Å²) in [4.78, 5) is 15.9. The van der Waals surface area contributed by atoms with Gasteiger partial charge in [-0.15, -0.1) is 0 Å². The van der Waals surface area contributed by atoms with E-state index in [1.165, 1.54) is 0 Å². The van der Waals surface area contributed by atoms with Crippen molar-refractivity contribution in [1.29, 1.82) is 0 Å². The first kappa shape index (κ1) is 24.6. The van der Waals surface area contributed by atoms with E-state index >= 15 is 0 Å². The van der Waals surface area contributed by atoms with Crippen LogP contribution in [0.4, 0.5) is 11.4 Å². The molecule has 0 aromatic heterocycles. The standard InChI is InChI=1S/C28H28BrN3O3S/c1-5-34-22-11-7-10-20-24-23(26(33)30-21-13-12-16(2)14-17(21)3)28(4,35-25(20)22)32(27(36)31-24)19-9-6-8-18(29)15-19/h6-15,23-24H,5H2,1-4H3,(H,30,33)(H,31,36)/t23-,24+,28-/m0/s1. The summed E-state index contributed by atoms with van der Waals surface area (Å²) in [6, 6.07) is 19.2. The number of anilines is 2. The number of aryl methyl sites for hydroxylation is 2. The molecule has 2 aliphatic rings. The zero-order valence-corrected chi connectivity index (χ0v) is 23.0. The minimum atomic E-state index is -1.13. The summed E-state index contributed by atoms with van der Waals surface area (Å²) >= 11 is 9.42. The first-order valence-electron chi connectivity index (χ1n) is 11.9. The number of amides is 1. The normalized spacial score (nSPS) is 22.2. The smallest absolute Gasteiger partial charge is 0.236 e. The van der Waals surface area contributed by atoms with Crippen LogP contribution in [-0.2, 0) is 4.79 Å². The van der Waals surface area contributed by atoms with Crippen molar-refractivity contribution in [3.05, 3.63) is 81.8 Å². The first-order valence-corrected chi connectivity index (χ1v) is 13.1. The molecule has 2 bridgehead atoms. The zero-order chi connectivity index (χ0) is 25.6. The van der Waals surface area contributed by atoms with Gasteiger partial charge in [0.05, 0.1) is 12.6 Å². The van der Waals surface area contributed by atoms with Crippen LogP contribution < -0.4 is 25.0 Å². The number of ether oxygens (including phenoxy) is 2. The van der Waals surface area contributed by atoms with Crippen molar-refractivity contribution in [2.24, 2.45) is 5.92 Å². The number of nitrogens with zero attached hydrogens (tertiary/aromatic N) is 1. The molecule has 186 valence electrons. The second-order valence-electron chi connectivity index (χ2n) is 9.29. The van der Waals surface area contributed by atoms with Crippen molar-refractivity contribution in [2.45, 2.75) is 39.5 Å². The number of benzene rings is 3. The number of rotatable bonds is 5. The van der Waals surface area contributed by atoms with Crippen molar-refractivity contribution >= 4 is 50.5 Å². The Balaban J connectivity index is 1.65. The van der Waals surface area contributed by atoms with Gasteiger partial charge >= 0.3 is 0 Å². The van der Waals surface area contributed by atoms with Gasteiger partial charge in [-0.1, -0.05) is 51.8 Å². The highest BCUT2D eigenvalue weighted by Gasteiger charge is 2.59. The van der Waals surface area contributed by atoms with Gasteiger partial charge in [0, 0.05) is 21.4 Å². The first-order chi connectivity index (χ1) is 17.2. The van der Waals surface area contributed by atoms with Gasteiger partial charge in [0.25, 0.3) is 0 Å². The average molecular weight is 567 g/mol. The van der Waals surface area contributed by atoms with Crippen molar-refractivity contribution in [1.82, 2.24) is 5.32 Å². The topological polar surface area (TPSA) is 62.8 Å². The molecule has 3 aromatic carbocycles. The molecule has 1 saturated heterocycles. The second-order valence-corrected chi connectivity index (χ2v) is 10.6. The van der Waals surface area contributed by atoms with E-state index in [4.69, 9.17) is 21.7 Å². The minimum Gasteiger partial charge on any atom is -0.490 e. The Hall–Kier alpha value is -3.10. The number of hydrogen-bond donors (Lipinski definition) is 2. The number of carbonyl (C=O) groups excluding carboxylic acids is 1. The summed E-state index contributed by atoms with van der Waals surface area (Å²) in [5, 5.41) is 7.10. The van der Waals surface area contributed by atoms with Gasteiger partial charge in [-0.3, -0.25) is 9.69 Å². The quantitative estimate of drug-likeness (QED) is 0.356. The maximum absolute atomic E-state index is 14.1. The summed E-state index contributed by atoms with van der Waals surface area (Å²) in [5.41, 5.74) is 3.44. The number of para-hydroxylation sites is 1. The number of thiocarbonyl (C=S) groups is 1. The molecule has 1 fully saturated rings. The van der Waals surface area contributed by atoms with Gasteiger partial charge in [0.2, 0.25) is 5.91 Å². The highest BCUT2D eigenvalue weighted by Crippen LogP contribution is 2.52. The van der Waals surface area contributed by atoms with Crippen LogP contribution in [0.3, 0.4) is 0 Å². The molecule has 3 atom stereocenters. The third kappa shape index (κ3) is 4.12. The Bertz CT molecular complexity index is 1360. The second kappa shape index (κ2) is 9.41. The molecule has 1 amide bonds. The van der Waals surface area contributed by atoms with E-state index in [0.717, 1.165) is 32.5 Å². The van der Waals surface area contributed by atoms with Crippen LogP contribution in [0.25, 0.3) is 0 Å². The number of halogens is 1. The molecular formula is C28H28BrN3O3S. The van der Waals surface area contributed by atoms with Gasteiger partial charge in [0.15, 0.2) is 22.3 Å². The Morgan fingerprint density at radius 2 is 1.97 bits per heavy atom. The maximum atomic E-state index is 14.1. The lowest BCUT2D eigenvalue weighted by Gasteiger charge is -2.56. The van der Waals surface area contributed by atoms with Crippen molar-refractivity contribution in [3.8, 4) is 11.5 Å². The fraction of sp³-hybridized carbons (Fsp3) is 0.286. The van der Waals surface area contributed by atoms with E-state index < -0.39 is 17.7 Å². The van der Waals surface area contributed by atoms with E-state index in [1.807, 2.05) is 87.2 Å². The highest BCUT2D eigenvalue weighted by atomic mass is 79.9. The summed E-state index contributed by atoms with van der Waals surface area (Å²) in [5.74, 6) is 0.478. The monoisotopic (exact) mass is 565 g/mol. The highest BCUT2D eigenvalue weighted by molar-refractivity contribution is 9.10. The summed E-state index contributed by atoms with van der Waals surface area (Å²) in [6.45, 7) is 8.39. The molecule has 0 saturated carbocycles. The Morgan fingerprint density at radius 3 is 2.69 bits per heavy atom. The number of nitrogens with one attached hydrogen (secondary N) is 2. The van der Waals surface area contributed by atoms with Crippen LogP contribution >= 0.6 is 28.1 Å². The molecular weight excluding hydrogens is 538 g/mol. The van der Waals surface area contributed by atoms with E-state index in [2.05, 4.69) is 32.6 Å². The largest absolute Gasteiger partial charge is 0.490 e. The third-order valence-corrected chi connectivity index (χ3v) is 7.57. The molecule has 3 aromatic rings. The maximum Gasteiger partial charge on any atom is 0.236 e. The van der Waals surface area contributed by atoms with Crippen molar-refractivity contribution in [3.63, 3.8) is 0 Å². The Labute approximate surface area is 225 Å². The van der Waals surface area contributed by atoms with E-state index in [0.29, 0.717) is 23.2 Å². The lowest BCUT2D eigenvalue weighted by molar-refractivity contribution is -0.130. The zero-order valence-electron chi connectivity index (χ0n) is 20.6. The van der Waals surface area contributed by atoms with Crippen LogP contribution in [0.1, 0.15) is 36.6 Å². The molecule has 0 radical (unpaired) electrons. The molecule has 36 heavy (non-hydrogen) atoms. The predicted molar refractivity (Wildman–Crippen MR) is 150 cm³/mol. The molecule has 2 N–H and O–H groups in total. The number of fused-ring (bicyclic) bond motifs is 4. The Morgan fingerprint density at radius 1 is 1.19 bits per heavy atom. The van der Waals surface area contributed by atoms with Crippen molar-refractivity contribution in [2.75, 3.05) is 16.8 Å². The van der Waals surface area contributed by atoms with Crippen LogP contribution in [0.15, 0.2) is 65.1 Å². The van der Waals surface area contributed by atoms with Gasteiger partial charge in [-0.25, -0.2) is 0 Å². The Kier molecular flexibility index (Phi) is 6.43. The molecule has 0 aliphatic carbocycles. The summed E-state index contributed by atoms with van der Waals surface area (Å²) < 4.78 is 13.6. The lowest BCUT2D eigenvalue weighted by atomic mass is 9.78. The fourth-order valence-electron chi connectivity index (χ4n) is 5.21. The lowest BCUT2D eigenvalue weighted by Crippen LogP contribution is -2.72. The minimum absolute atomic E-state index is 0.156. The molecule has 5 rings (SSSR count). The average Bonchev–Trinajstić information content (AvgIpc) is 2.81. The van der Waals surface area contributed by atoms with Crippen LogP contribution in [0, 0.1) is 19.8 Å². The van der Waals surface area contributed by atoms with E-state index in [-0.39, 0.29) is 5.91 Å². The van der Waals surface area contributed by atoms with E-state index in [1.54, 1.807) is 0 Å². The number of hydrogen-bond acceptors (Lipinski definition) is 4. The van der Waals surface area contributed by atoms with Crippen LogP contribution in [0.2, 0.25) is 0 Å². The molecule has 2 heterocycles. The molecule has 8 heteroatoms. The van der Waals surface area contributed by atoms with Crippen LogP contribution in [-0.4, -0.2) is 23.4 Å². The third-order valence-electron chi connectivity index (χ3n) is 6.78. The molecule has 2 aliphatic heterocycles.